The average Bonchev–Trinajstić information content (AvgIpc) is 3.66. The maximum Gasteiger partial charge on any atom is 0.0527 e. The van der Waals surface area contributed by atoms with Gasteiger partial charge in [-0.15, -0.1) is 0 Å². The molecule has 0 aromatic heterocycles. The lowest BCUT2D eigenvalue weighted by Crippen LogP contribution is -2.35. The van der Waals surface area contributed by atoms with Crippen LogP contribution in [0.25, 0.3) is 33.4 Å². The van der Waals surface area contributed by atoms with Crippen LogP contribution in [0.3, 0.4) is 0 Å². The minimum Gasteiger partial charge on any atom is -0.310 e. The van der Waals surface area contributed by atoms with E-state index in [0.717, 1.165) is 17.8 Å². The molecule has 0 bridgehead atoms. The van der Waals surface area contributed by atoms with Crippen molar-refractivity contribution in [1.29, 1.82) is 0 Å². The smallest absolute Gasteiger partial charge is 0.0527 e. The molecule has 1 spiro atoms. The van der Waals surface area contributed by atoms with E-state index in [2.05, 4.69) is 214 Å². The maximum atomic E-state index is 2.51. The van der Waals surface area contributed by atoms with Gasteiger partial charge in [-0.05, 0) is 115 Å². The fourth-order valence-electron chi connectivity index (χ4n) is 9.91. The highest BCUT2D eigenvalue weighted by molar-refractivity contribution is 5.90. The molecule has 3 aliphatic rings. The average molecular weight is 694 g/mol. The summed E-state index contributed by atoms with van der Waals surface area (Å²) in [7, 11) is 0. The minimum atomic E-state index is -0.356. The van der Waals surface area contributed by atoms with Crippen LogP contribution in [0.4, 0.5) is 17.1 Å². The number of benzene rings is 7. The van der Waals surface area contributed by atoms with E-state index in [1.54, 1.807) is 0 Å². The van der Waals surface area contributed by atoms with Gasteiger partial charge in [-0.2, -0.15) is 0 Å². The number of hydrogen-bond acceptors (Lipinski definition) is 1. The predicted octanol–water partition coefficient (Wildman–Crippen LogP) is 13.7. The van der Waals surface area contributed by atoms with Crippen LogP contribution in [0.15, 0.2) is 188 Å². The van der Waals surface area contributed by atoms with Crippen LogP contribution in [-0.2, 0) is 17.3 Å². The Bertz CT molecular complexity index is 2620. The molecule has 54 heavy (non-hydrogen) atoms. The second kappa shape index (κ2) is 12.5. The lowest BCUT2D eigenvalue weighted by Gasteiger charge is -2.39. The zero-order valence-corrected chi connectivity index (χ0v) is 31.1. The molecule has 0 N–H and O–H groups in total. The number of hydrogen-bond donors (Lipinski definition) is 0. The second-order valence-corrected chi connectivity index (χ2v) is 15.7. The van der Waals surface area contributed by atoms with E-state index < -0.39 is 0 Å². The van der Waals surface area contributed by atoms with Gasteiger partial charge in [0.1, 0.15) is 0 Å². The van der Waals surface area contributed by atoms with E-state index in [0.29, 0.717) is 0 Å². The third-order valence-corrected chi connectivity index (χ3v) is 12.5. The topological polar surface area (TPSA) is 3.24 Å². The fraction of sp³-hybridized carbons (Fsp3) is 0.132. The first-order valence-corrected chi connectivity index (χ1v) is 19.3. The summed E-state index contributed by atoms with van der Waals surface area (Å²) in [5.74, 6) is 0.206. The van der Waals surface area contributed by atoms with E-state index >= 15 is 0 Å². The number of fused-ring (bicyclic) bond motifs is 10. The molecule has 10 rings (SSSR count). The SMILES string of the molecule is CC1/C=C\C=C/Cc2ccccc2C12c1ccccc1-c1ccc(N(c3ccc(-c4ccccc4)cc3)c3ccc4c(c3)C(C)(C)c3ccccc3-4)cc12. The Hall–Kier alpha value is -6.18. The Morgan fingerprint density at radius 1 is 0.463 bits per heavy atom. The third kappa shape index (κ3) is 4.78. The van der Waals surface area contributed by atoms with Crippen molar-refractivity contribution in [1.82, 2.24) is 0 Å². The molecular weight excluding hydrogens is 651 g/mol. The lowest BCUT2D eigenvalue weighted by molar-refractivity contribution is 0.490. The first-order chi connectivity index (χ1) is 26.5. The van der Waals surface area contributed by atoms with Crippen molar-refractivity contribution in [2.45, 2.75) is 38.0 Å². The van der Waals surface area contributed by atoms with Crippen LogP contribution in [0.1, 0.15) is 54.2 Å². The highest BCUT2D eigenvalue weighted by Crippen LogP contribution is 2.59. The van der Waals surface area contributed by atoms with E-state index in [-0.39, 0.29) is 16.7 Å². The van der Waals surface area contributed by atoms with Crippen LogP contribution in [-0.4, -0.2) is 0 Å². The number of anilines is 3. The highest BCUT2D eigenvalue weighted by atomic mass is 15.1. The Labute approximate surface area is 319 Å². The van der Waals surface area contributed by atoms with Crippen LogP contribution in [0.5, 0.6) is 0 Å². The van der Waals surface area contributed by atoms with E-state index in [1.165, 1.54) is 72.4 Å². The van der Waals surface area contributed by atoms with E-state index in [9.17, 15) is 0 Å². The molecule has 0 fully saturated rings. The largest absolute Gasteiger partial charge is 0.310 e. The van der Waals surface area contributed by atoms with Crippen molar-refractivity contribution in [3.63, 3.8) is 0 Å². The first kappa shape index (κ1) is 32.5. The van der Waals surface area contributed by atoms with Crippen LogP contribution in [0, 0.1) is 5.92 Å². The summed E-state index contributed by atoms with van der Waals surface area (Å²) in [4.78, 5) is 2.48. The molecule has 260 valence electrons. The van der Waals surface area contributed by atoms with Gasteiger partial charge in [0.15, 0.2) is 0 Å². The van der Waals surface area contributed by atoms with Crippen molar-refractivity contribution in [2.24, 2.45) is 5.92 Å². The number of allylic oxidation sites excluding steroid dienone is 4. The zero-order chi connectivity index (χ0) is 36.4. The summed E-state index contributed by atoms with van der Waals surface area (Å²) >= 11 is 0. The Morgan fingerprint density at radius 3 is 1.74 bits per heavy atom. The highest BCUT2D eigenvalue weighted by Gasteiger charge is 2.49. The monoisotopic (exact) mass is 693 g/mol. The van der Waals surface area contributed by atoms with Crippen molar-refractivity contribution in [3.8, 4) is 33.4 Å². The summed E-state index contributed by atoms with van der Waals surface area (Å²) in [6.45, 7) is 7.15. The van der Waals surface area contributed by atoms with Gasteiger partial charge in [0.05, 0.1) is 5.41 Å². The van der Waals surface area contributed by atoms with Crippen molar-refractivity contribution < 1.29 is 0 Å². The molecule has 0 heterocycles. The summed E-state index contributed by atoms with van der Waals surface area (Å²) in [6, 6.07) is 61.3. The molecule has 1 nitrogen and oxygen atoms in total. The molecule has 0 aliphatic heterocycles. The van der Waals surface area contributed by atoms with Crippen molar-refractivity contribution in [2.75, 3.05) is 4.90 Å². The second-order valence-electron chi connectivity index (χ2n) is 15.7. The summed E-state index contributed by atoms with van der Waals surface area (Å²) in [6.07, 6.45) is 10.1. The van der Waals surface area contributed by atoms with E-state index in [4.69, 9.17) is 0 Å². The summed E-state index contributed by atoms with van der Waals surface area (Å²) in [5, 5.41) is 0. The van der Waals surface area contributed by atoms with Gasteiger partial charge in [-0.3, -0.25) is 0 Å². The van der Waals surface area contributed by atoms with Crippen molar-refractivity contribution >= 4 is 17.1 Å². The van der Waals surface area contributed by atoms with Gasteiger partial charge >= 0.3 is 0 Å². The zero-order valence-electron chi connectivity index (χ0n) is 31.1. The van der Waals surface area contributed by atoms with Gasteiger partial charge in [0, 0.05) is 22.5 Å². The molecule has 3 aliphatic carbocycles. The van der Waals surface area contributed by atoms with Crippen LogP contribution < -0.4 is 4.90 Å². The van der Waals surface area contributed by atoms with Crippen LogP contribution in [0.2, 0.25) is 0 Å². The number of nitrogens with zero attached hydrogens (tertiary/aromatic N) is 1. The quantitative estimate of drug-likeness (QED) is 0.177. The maximum absolute atomic E-state index is 2.51. The van der Waals surface area contributed by atoms with E-state index in [1.807, 2.05) is 0 Å². The Kier molecular flexibility index (Phi) is 7.49. The van der Waals surface area contributed by atoms with Crippen LogP contribution >= 0.6 is 0 Å². The molecule has 0 radical (unpaired) electrons. The molecule has 0 saturated carbocycles. The normalized spacial score (nSPS) is 19.6. The predicted molar refractivity (Wildman–Crippen MR) is 227 cm³/mol. The van der Waals surface area contributed by atoms with Gasteiger partial charge < -0.3 is 4.90 Å². The van der Waals surface area contributed by atoms with Gasteiger partial charge in [0.25, 0.3) is 0 Å². The molecule has 7 aromatic rings. The molecule has 0 saturated heterocycles. The molecular formula is C53H43N. The Balaban J connectivity index is 1.21. The Morgan fingerprint density at radius 2 is 1.00 bits per heavy atom. The minimum absolute atomic E-state index is 0.106. The summed E-state index contributed by atoms with van der Waals surface area (Å²) < 4.78 is 0. The first-order valence-electron chi connectivity index (χ1n) is 19.3. The van der Waals surface area contributed by atoms with Gasteiger partial charge in [-0.25, -0.2) is 0 Å². The fourth-order valence-corrected chi connectivity index (χ4v) is 9.91. The molecule has 1 heteroatoms. The molecule has 2 unspecified atom stereocenters. The lowest BCUT2D eigenvalue weighted by atomic mass is 9.63. The third-order valence-electron chi connectivity index (χ3n) is 12.5. The van der Waals surface area contributed by atoms with Crippen molar-refractivity contribution in [3.05, 3.63) is 221 Å². The summed E-state index contributed by atoms with van der Waals surface area (Å²) in [5.41, 5.74) is 19.1. The molecule has 7 aromatic carbocycles. The molecule has 0 amide bonds. The standard InChI is InChI=1S/C53H43N/c1-36-16-6-4-9-19-39-20-10-13-23-47(39)53(36)49-25-15-12-22-44(49)46-33-31-42(35-51(46)53)54(40-28-26-38(27-29-40)37-17-7-5-8-18-37)41-30-32-45-43-21-11-14-24-48(43)52(2,3)50(45)34-41/h4-18,20-36H,19H2,1-3H3/b9-4-,16-6-. The number of rotatable bonds is 4. The van der Waals surface area contributed by atoms with Gasteiger partial charge in [-0.1, -0.05) is 172 Å². The van der Waals surface area contributed by atoms with Gasteiger partial charge in [0.2, 0.25) is 0 Å². The molecule has 2 atom stereocenters.